The third-order valence-corrected chi connectivity index (χ3v) is 2.62. The molecule has 97 valence electrons. The lowest BCUT2D eigenvalue weighted by Gasteiger charge is -2.20. The van der Waals surface area contributed by atoms with Gasteiger partial charge in [0.05, 0.1) is 5.02 Å². The number of carboxylic acids is 1. The van der Waals surface area contributed by atoms with E-state index in [0.717, 1.165) is 6.07 Å². The Morgan fingerprint density at radius 2 is 2.28 bits per heavy atom. The van der Waals surface area contributed by atoms with Crippen molar-refractivity contribution in [3.63, 3.8) is 0 Å². The van der Waals surface area contributed by atoms with E-state index in [9.17, 15) is 9.18 Å². The predicted octanol–water partition coefficient (Wildman–Crippen LogP) is 0.729. The quantitative estimate of drug-likeness (QED) is 0.688. The molecule has 0 saturated heterocycles. The van der Waals surface area contributed by atoms with Crippen LogP contribution in [0, 0.1) is 5.82 Å². The van der Waals surface area contributed by atoms with Gasteiger partial charge in [0, 0.05) is 12.5 Å². The van der Waals surface area contributed by atoms with E-state index in [2.05, 4.69) is 4.65 Å². The van der Waals surface area contributed by atoms with E-state index in [1.165, 1.54) is 13.0 Å². The fourth-order valence-corrected chi connectivity index (χ4v) is 1.55. The van der Waals surface area contributed by atoms with Gasteiger partial charge >= 0.3 is 13.7 Å². The van der Waals surface area contributed by atoms with Gasteiger partial charge in [0.15, 0.2) is 0 Å². The Morgan fingerprint density at radius 1 is 1.67 bits per heavy atom. The molecule has 8 heteroatoms. The van der Waals surface area contributed by atoms with Gasteiger partial charge in [-0.3, -0.25) is 4.79 Å². The van der Waals surface area contributed by atoms with Crippen LogP contribution in [0.15, 0.2) is 12.1 Å². The second-order valence-electron chi connectivity index (χ2n) is 4.00. The molecule has 1 aromatic rings. The zero-order valence-corrected chi connectivity index (χ0v) is 10.2. The van der Waals surface area contributed by atoms with Crippen LogP contribution in [0.5, 0.6) is 5.75 Å². The minimum atomic E-state index is -1.60. The molecule has 0 aliphatic heterocycles. The van der Waals surface area contributed by atoms with E-state index in [-0.39, 0.29) is 22.8 Å². The molecule has 0 amide bonds. The Labute approximate surface area is 109 Å². The first-order valence-corrected chi connectivity index (χ1v) is 5.28. The second-order valence-corrected chi connectivity index (χ2v) is 4.40. The standard InChI is InChI=1S/C10H11BClFNO4/c1-10(14,9(15)16)4-5-2-6(12)8(18-11-17)3-7(5)13/h2-3,17H,4,14H2,1H3,(H,15,16)/t10-/m1/s1. The van der Waals surface area contributed by atoms with Gasteiger partial charge in [-0.15, -0.1) is 0 Å². The van der Waals surface area contributed by atoms with Crippen LogP contribution in [-0.2, 0) is 11.2 Å². The van der Waals surface area contributed by atoms with Gasteiger partial charge in [0.25, 0.3) is 0 Å². The summed E-state index contributed by atoms with van der Waals surface area (Å²) in [7, 11) is 0.366. The van der Waals surface area contributed by atoms with Crippen molar-refractivity contribution >= 4 is 25.3 Å². The number of nitrogens with two attached hydrogens (primary N) is 1. The molecule has 0 bridgehead atoms. The number of hydrogen-bond donors (Lipinski definition) is 3. The summed E-state index contributed by atoms with van der Waals surface area (Å²) in [5.74, 6) is -2.04. The highest BCUT2D eigenvalue weighted by molar-refractivity contribution is 6.32. The molecule has 0 aliphatic rings. The molecule has 0 spiro atoms. The van der Waals surface area contributed by atoms with Gasteiger partial charge in [0.1, 0.15) is 17.1 Å². The molecule has 1 atom stereocenters. The van der Waals surface area contributed by atoms with Crippen LogP contribution in [0.1, 0.15) is 12.5 Å². The average molecular weight is 274 g/mol. The molecule has 5 nitrogen and oxygen atoms in total. The van der Waals surface area contributed by atoms with Gasteiger partial charge in [-0.1, -0.05) is 11.6 Å². The van der Waals surface area contributed by atoms with Crippen molar-refractivity contribution in [2.75, 3.05) is 0 Å². The molecule has 4 N–H and O–H groups in total. The molecule has 0 saturated carbocycles. The van der Waals surface area contributed by atoms with E-state index in [1.807, 2.05) is 0 Å². The van der Waals surface area contributed by atoms with Crippen molar-refractivity contribution in [2.45, 2.75) is 18.9 Å². The van der Waals surface area contributed by atoms with E-state index >= 15 is 0 Å². The van der Waals surface area contributed by atoms with Crippen molar-refractivity contribution in [2.24, 2.45) is 5.73 Å². The number of halogens is 2. The highest BCUT2D eigenvalue weighted by Gasteiger charge is 2.29. The van der Waals surface area contributed by atoms with Crippen LogP contribution in [0.2, 0.25) is 5.02 Å². The molecule has 0 aromatic heterocycles. The smallest absolute Gasteiger partial charge is 0.536 e. The van der Waals surface area contributed by atoms with Crippen molar-refractivity contribution < 1.29 is 24.0 Å². The van der Waals surface area contributed by atoms with Crippen LogP contribution < -0.4 is 10.4 Å². The third kappa shape index (κ3) is 3.35. The lowest BCUT2D eigenvalue weighted by Crippen LogP contribution is -2.47. The zero-order chi connectivity index (χ0) is 13.9. The molecule has 18 heavy (non-hydrogen) atoms. The first-order valence-electron chi connectivity index (χ1n) is 4.90. The SMILES string of the molecule is C[C@@](N)(Cc1cc(Cl)c(O[B]O)cc1F)C(=O)O. The highest BCUT2D eigenvalue weighted by Crippen LogP contribution is 2.29. The molecule has 1 aromatic carbocycles. The summed E-state index contributed by atoms with van der Waals surface area (Å²) in [5.41, 5.74) is 3.97. The van der Waals surface area contributed by atoms with Crippen LogP contribution >= 0.6 is 11.6 Å². The lowest BCUT2D eigenvalue weighted by molar-refractivity contribution is -0.142. The van der Waals surface area contributed by atoms with Crippen molar-refractivity contribution in [3.05, 3.63) is 28.5 Å². The Kier molecular flexibility index (Phi) is 4.56. The van der Waals surface area contributed by atoms with E-state index in [0.29, 0.717) is 7.69 Å². The lowest BCUT2D eigenvalue weighted by atomic mass is 9.94. The van der Waals surface area contributed by atoms with Crippen LogP contribution in [0.3, 0.4) is 0 Å². The van der Waals surface area contributed by atoms with Crippen molar-refractivity contribution in [1.29, 1.82) is 0 Å². The Morgan fingerprint density at radius 3 is 2.78 bits per heavy atom. The number of benzene rings is 1. The number of carboxylic acid groups (broad SMARTS) is 1. The molecular formula is C10H11BClFNO4. The van der Waals surface area contributed by atoms with Gasteiger partial charge in [-0.05, 0) is 18.6 Å². The number of carbonyl (C=O) groups is 1. The maximum Gasteiger partial charge on any atom is 0.569 e. The van der Waals surface area contributed by atoms with Crippen LogP contribution in [0.4, 0.5) is 4.39 Å². The second kappa shape index (κ2) is 5.56. The van der Waals surface area contributed by atoms with Gasteiger partial charge < -0.3 is 20.5 Å². The largest absolute Gasteiger partial charge is 0.569 e. The van der Waals surface area contributed by atoms with Gasteiger partial charge in [-0.2, -0.15) is 0 Å². The number of hydrogen-bond acceptors (Lipinski definition) is 4. The molecule has 0 aliphatic carbocycles. The van der Waals surface area contributed by atoms with Gasteiger partial charge in [-0.25, -0.2) is 4.39 Å². The topological polar surface area (TPSA) is 92.8 Å². The van der Waals surface area contributed by atoms with Gasteiger partial charge in [0.2, 0.25) is 0 Å². The average Bonchev–Trinajstić information content (AvgIpc) is 2.25. The summed E-state index contributed by atoms with van der Waals surface area (Å²) in [6.45, 7) is 1.27. The molecule has 1 radical (unpaired) electrons. The monoisotopic (exact) mass is 274 g/mol. The number of rotatable bonds is 5. The summed E-state index contributed by atoms with van der Waals surface area (Å²) in [6.07, 6.45) is -0.225. The highest BCUT2D eigenvalue weighted by atomic mass is 35.5. The zero-order valence-electron chi connectivity index (χ0n) is 9.48. The van der Waals surface area contributed by atoms with Crippen molar-refractivity contribution in [3.8, 4) is 5.75 Å². The molecule has 0 fully saturated rings. The third-order valence-electron chi connectivity index (χ3n) is 2.33. The minimum absolute atomic E-state index is 0.0397. The minimum Gasteiger partial charge on any atom is -0.536 e. The molecule has 0 heterocycles. The number of aliphatic carboxylic acids is 1. The Bertz CT molecular complexity index is 469. The fraction of sp³-hybridized carbons (Fsp3) is 0.300. The Balaban J connectivity index is 3.05. The van der Waals surface area contributed by atoms with E-state index < -0.39 is 17.3 Å². The first-order chi connectivity index (χ1) is 8.27. The first kappa shape index (κ1) is 14.8. The summed E-state index contributed by atoms with van der Waals surface area (Å²) < 4.78 is 18.2. The molecule has 1 rings (SSSR count). The van der Waals surface area contributed by atoms with E-state index in [4.69, 9.17) is 27.5 Å². The molecule has 0 unspecified atom stereocenters. The summed E-state index contributed by atoms with van der Waals surface area (Å²) in [5, 5.41) is 17.3. The predicted molar refractivity (Wildman–Crippen MR) is 63.9 cm³/mol. The maximum atomic E-state index is 13.7. The Hall–Kier alpha value is -1.31. The molecular weight excluding hydrogens is 263 g/mol. The summed E-state index contributed by atoms with van der Waals surface area (Å²) in [4.78, 5) is 10.8. The van der Waals surface area contributed by atoms with Crippen LogP contribution in [-0.4, -0.2) is 29.3 Å². The normalized spacial score (nSPS) is 13.8. The van der Waals surface area contributed by atoms with E-state index in [1.54, 1.807) is 0 Å². The summed E-state index contributed by atoms with van der Waals surface area (Å²) in [6, 6.07) is 2.16. The maximum absolute atomic E-state index is 13.7. The van der Waals surface area contributed by atoms with Crippen molar-refractivity contribution in [1.82, 2.24) is 0 Å². The fourth-order valence-electron chi connectivity index (χ4n) is 1.32. The summed E-state index contributed by atoms with van der Waals surface area (Å²) >= 11 is 5.78. The van der Waals surface area contributed by atoms with Crippen LogP contribution in [0.25, 0.3) is 0 Å².